The third-order valence-electron chi connectivity index (χ3n) is 3.99. The third kappa shape index (κ3) is 4.57. The Balaban J connectivity index is 1.71. The topological polar surface area (TPSA) is 41.6 Å². The van der Waals surface area contributed by atoms with Gasteiger partial charge in [-0.2, -0.15) is 0 Å². The van der Waals surface area contributed by atoms with Crippen molar-refractivity contribution in [3.63, 3.8) is 0 Å². The second-order valence-corrected chi connectivity index (χ2v) is 8.57. The maximum atomic E-state index is 12.6. The summed E-state index contributed by atoms with van der Waals surface area (Å²) in [7, 11) is 0. The van der Waals surface area contributed by atoms with Crippen LogP contribution in [0.25, 0.3) is 0 Å². The Hall–Kier alpha value is -0.480. The van der Waals surface area contributed by atoms with Gasteiger partial charge in [-0.1, -0.05) is 22.0 Å². The number of halogens is 2. The van der Waals surface area contributed by atoms with E-state index in [0.29, 0.717) is 12.1 Å². The van der Waals surface area contributed by atoms with Crippen LogP contribution in [-0.2, 0) is 4.74 Å². The lowest BCUT2D eigenvalue weighted by Crippen LogP contribution is -2.43. The number of carbonyl (C=O) groups is 1. The lowest BCUT2D eigenvalue weighted by molar-refractivity contribution is 0.0169. The summed E-state index contributed by atoms with van der Waals surface area (Å²) >= 11 is 7.37. The zero-order valence-corrected chi connectivity index (χ0v) is 17.6. The predicted octanol–water partition coefficient (Wildman–Crippen LogP) is 3.92. The third-order valence-corrected chi connectivity index (χ3v) is 6.39. The van der Waals surface area contributed by atoms with Crippen molar-refractivity contribution in [1.29, 1.82) is 0 Å². The van der Waals surface area contributed by atoms with E-state index in [1.807, 2.05) is 18.2 Å². The van der Waals surface area contributed by atoms with Gasteiger partial charge in [0.25, 0.3) is 5.91 Å². The van der Waals surface area contributed by atoms with E-state index in [4.69, 9.17) is 4.74 Å². The van der Waals surface area contributed by atoms with Crippen LogP contribution in [0.1, 0.15) is 21.3 Å². The number of morpholine rings is 1. The first-order valence-electron chi connectivity index (χ1n) is 7.73. The lowest BCUT2D eigenvalue weighted by Gasteiger charge is -2.34. The molecule has 7 heteroatoms. The second kappa shape index (κ2) is 8.75. The van der Waals surface area contributed by atoms with E-state index in [2.05, 4.69) is 66.3 Å². The molecule has 1 aliphatic rings. The second-order valence-electron chi connectivity index (χ2n) is 5.51. The average Bonchev–Trinajstić information content (AvgIpc) is 3.12. The quantitative estimate of drug-likeness (QED) is 0.607. The van der Waals surface area contributed by atoms with Crippen molar-refractivity contribution in [3.8, 4) is 0 Å². The van der Waals surface area contributed by atoms with Gasteiger partial charge >= 0.3 is 0 Å². The van der Waals surface area contributed by atoms with E-state index in [1.165, 1.54) is 4.88 Å². The number of hydrogen-bond acceptors (Lipinski definition) is 4. The molecular formula is C17H18BrIN2O2S. The smallest absolute Gasteiger partial charge is 0.252 e. The molecule has 2 aromatic rings. The monoisotopic (exact) mass is 520 g/mol. The molecule has 0 aliphatic carbocycles. The van der Waals surface area contributed by atoms with E-state index in [9.17, 15) is 4.79 Å². The number of thiophene rings is 1. The highest BCUT2D eigenvalue weighted by Crippen LogP contribution is 2.26. The molecule has 1 aliphatic heterocycles. The molecule has 24 heavy (non-hydrogen) atoms. The molecule has 0 saturated carbocycles. The fraction of sp³-hybridized carbons (Fsp3) is 0.353. The largest absolute Gasteiger partial charge is 0.379 e. The number of hydrogen-bond donors (Lipinski definition) is 1. The minimum atomic E-state index is -0.0319. The Morgan fingerprint density at radius 3 is 2.88 bits per heavy atom. The standard InChI is InChI=1S/C17H18BrIN2O2S/c18-12-3-4-14(19)13(10-12)17(22)20-11-15(16-2-1-9-24-16)21-5-7-23-8-6-21/h1-4,9-10,15H,5-8,11H2,(H,20,22). The van der Waals surface area contributed by atoms with Gasteiger partial charge in [0, 0.05) is 32.6 Å². The van der Waals surface area contributed by atoms with Crippen LogP contribution in [0, 0.1) is 3.57 Å². The molecule has 0 spiro atoms. The number of rotatable bonds is 5. The molecular weight excluding hydrogens is 503 g/mol. The zero-order chi connectivity index (χ0) is 16.9. The Morgan fingerprint density at radius 2 is 2.17 bits per heavy atom. The van der Waals surface area contributed by atoms with Crippen molar-refractivity contribution in [2.75, 3.05) is 32.8 Å². The molecule has 3 rings (SSSR count). The molecule has 1 amide bonds. The van der Waals surface area contributed by atoms with Crippen LogP contribution in [0.5, 0.6) is 0 Å². The molecule has 4 nitrogen and oxygen atoms in total. The molecule has 1 N–H and O–H groups in total. The van der Waals surface area contributed by atoms with Crippen molar-refractivity contribution >= 4 is 55.8 Å². The Bertz CT molecular complexity index is 690. The SMILES string of the molecule is O=C(NCC(c1cccs1)N1CCOCC1)c1cc(Br)ccc1I. The van der Waals surface area contributed by atoms with E-state index >= 15 is 0 Å². The maximum Gasteiger partial charge on any atom is 0.252 e. The fourth-order valence-corrected chi connectivity index (χ4v) is 4.54. The molecule has 0 bridgehead atoms. The van der Waals surface area contributed by atoms with E-state index < -0.39 is 0 Å². The molecule has 2 heterocycles. The van der Waals surface area contributed by atoms with Crippen molar-refractivity contribution in [2.24, 2.45) is 0 Å². The number of nitrogens with zero attached hydrogens (tertiary/aromatic N) is 1. The molecule has 1 fully saturated rings. The summed E-state index contributed by atoms with van der Waals surface area (Å²) in [4.78, 5) is 16.3. The van der Waals surface area contributed by atoms with E-state index in [0.717, 1.165) is 34.3 Å². The minimum Gasteiger partial charge on any atom is -0.379 e. The van der Waals surface area contributed by atoms with Crippen molar-refractivity contribution in [3.05, 3.63) is 54.2 Å². The summed E-state index contributed by atoms with van der Waals surface area (Å²) in [5.74, 6) is -0.0319. The number of nitrogens with one attached hydrogen (secondary N) is 1. The predicted molar refractivity (Wildman–Crippen MR) is 109 cm³/mol. The van der Waals surface area contributed by atoms with Gasteiger partial charge < -0.3 is 10.1 Å². The highest BCUT2D eigenvalue weighted by molar-refractivity contribution is 14.1. The van der Waals surface area contributed by atoms with Gasteiger partial charge in [-0.25, -0.2) is 0 Å². The van der Waals surface area contributed by atoms with Crippen LogP contribution >= 0.6 is 49.9 Å². The maximum absolute atomic E-state index is 12.6. The van der Waals surface area contributed by atoms with Crippen LogP contribution < -0.4 is 5.32 Å². The van der Waals surface area contributed by atoms with Gasteiger partial charge in [0.2, 0.25) is 0 Å². The van der Waals surface area contributed by atoms with Crippen LogP contribution in [-0.4, -0.2) is 43.7 Å². The first kappa shape index (κ1) is 18.3. The van der Waals surface area contributed by atoms with Crippen LogP contribution in [0.4, 0.5) is 0 Å². The highest BCUT2D eigenvalue weighted by Gasteiger charge is 2.24. The van der Waals surface area contributed by atoms with Gasteiger partial charge in [-0.3, -0.25) is 9.69 Å². The van der Waals surface area contributed by atoms with Crippen LogP contribution in [0.2, 0.25) is 0 Å². The molecule has 1 saturated heterocycles. The molecule has 128 valence electrons. The first-order valence-corrected chi connectivity index (χ1v) is 10.5. The number of carbonyl (C=O) groups excluding carboxylic acids is 1. The van der Waals surface area contributed by atoms with Crippen molar-refractivity contribution in [1.82, 2.24) is 10.2 Å². The molecule has 1 aromatic carbocycles. The average molecular weight is 521 g/mol. The summed E-state index contributed by atoms with van der Waals surface area (Å²) in [5, 5.41) is 5.20. The fourth-order valence-electron chi connectivity index (χ4n) is 2.74. The van der Waals surface area contributed by atoms with Gasteiger partial charge in [0.1, 0.15) is 0 Å². The zero-order valence-electron chi connectivity index (χ0n) is 13.0. The lowest BCUT2D eigenvalue weighted by atomic mass is 10.1. The normalized spacial score (nSPS) is 16.8. The Labute approximate surface area is 167 Å². The number of amides is 1. The minimum absolute atomic E-state index is 0.0319. The summed E-state index contributed by atoms with van der Waals surface area (Å²) in [6, 6.07) is 10.2. The summed E-state index contributed by atoms with van der Waals surface area (Å²) in [5.41, 5.74) is 0.705. The number of benzene rings is 1. The summed E-state index contributed by atoms with van der Waals surface area (Å²) < 4.78 is 7.32. The summed E-state index contributed by atoms with van der Waals surface area (Å²) in [6.45, 7) is 3.89. The molecule has 1 aromatic heterocycles. The van der Waals surface area contributed by atoms with Crippen LogP contribution in [0.15, 0.2) is 40.2 Å². The van der Waals surface area contributed by atoms with Gasteiger partial charge in [-0.05, 0) is 52.2 Å². The van der Waals surface area contributed by atoms with Crippen molar-refractivity contribution in [2.45, 2.75) is 6.04 Å². The Morgan fingerprint density at radius 1 is 1.38 bits per heavy atom. The van der Waals surface area contributed by atoms with E-state index in [1.54, 1.807) is 11.3 Å². The highest BCUT2D eigenvalue weighted by atomic mass is 127. The number of ether oxygens (including phenoxy) is 1. The summed E-state index contributed by atoms with van der Waals surface area (Å²) in [6.07, 6.45) is 0. The van der Waals surface area contributed by atoms with Crippen molar-refractivity contribution < 1.29 is 9.53 Å². The molecule has 1 unspecified atom stereocenters. The molecule has 0 radical (unpaired) electrons. The van der Waals surface area contributed by atoms with Gasteiger partial charge in [0.15, 0.2) is 0 Å². The Kier molecular flexibility index (Phi) is 6.68. The van der Waals surface area contributed by atoms with Crippen LogP contribution in [0.3, 0.4) is 0 Å². The molecule has 1 atom stereocenters. The van der Waals surface area contributed by atoms with Gasteiger partial charge in [-0.15, -0.1) is 11.3 Å². The first-order chi connectivity index (χ1) is 11.6. The van der Waals surface area contributed by atoms with E-state index in [-0.39, 0.29) is 11.9 Å². The van der Waals surface area contributed by atoms with Gasteiger partial charge in [0.05, 0.1) is 24.8 Å².